The van der Waals surface area contributed by atoms with Gasteiger partial charge in [-0.3, -0.25) is 13.9 Å². The van der Waals surface area contributed by atoms with E-state index in [2.05, 4.69) is 5.32 Å². The molecule has 0 heterocycles. The third kappa shape index (κ3) is 7.68. The van der Waals surface area contributed by atoms with Crippen LogP contribution in [0.25, 0.3) is 0 Å². The molecule has 8 nitrogen and oxygen atoms in total. The zero-order chi connectivity index (χ0) is 29.3. The molecule has 0 saturated heterocycles. The molecule has 0 fully saturated rings. The van der Waals surface area contributed by atoms with Crippen molar-refractivity contribution in [2.45, 2.75) is 44.7 Å². The number of carbonyl (C=O) groups is 2. The maximum atomic E-state index is 14.0. The van der Waals surface area contributed by atoms with Crippen LogP contribution in [-0.4, -0.2) is 50.9 Å². The fourth-order valence-corrected chi connectivity index (χ4v) is 6.05. The topological polar surface area (TPSA) is 96.0 Å². The first kappa shape index (κ1) is 31.3. The first-order chi connectivity index (χ1) is 19.1. The molecule has 3 rings (SSSR count). The second-order valence-electron chi connectivity index (χ2n) is 8.83. The SMILES string of the molecule is CCNC(=O)C(CC)N(Cc1ccc(Cl)cc1Cl)C(=O)CN(c1ccccc1)S(=O)(=O)c1ccc(OCC)cc1. The highest BCUT2D eigenvalue weighted by Gasteiger charge is 2.33. The Labute approximate surface area is 245 Å². The Morgan fingerprint density at radius 1 is 0.950 bits per heavy atom. The van der Waals surface area contributed by atoms with E-state index < -0.39 is 28.5 Å². The average Bonchev–Trinajstić information content (AvgIpc) is 2.93. The van der Waals surface area contributed by atoms with Crippen molar-refractivity contribution >= 4 is 50.7 Å². The third-order valence-corrected chi connectivity index (χ3v) is 8.51. The Morgan fingerprint density at radius 2 is 1.62 bits per heavy atom. The molecule has 0 saturated carbocycles. The number of anilines is 1. The lowest BCUT2D eigenvalue weighted by molar-refractivity contribution is -0.140. The van der Waals surface area contributed by atoms with Crippen molar-refractivity contribution in [3.63, 3.8) is 0 Å². The molecular formula is C29H33Cl2N3O5S. The molecule has 0 aliphatic carbocycles. The van der Waals surface area contributed by atoms with E-state index in [1.54, 1.807) is 74.5 Å². The molecule has 1 N–H and O–H groups in total. The number of nitrogens with one attached hydrogen (secondary N) is 1. The third-order valence-electron chi connectivity index (χ3n) is 6.14. The molecule has 0 spiro atoms. The summed E-state index contributed by atoms with van der Waals surface area (Å²) < 4.78 is 34.3. The number of amides is 2. The van der Waals surface area contributed by atoms with Crippen LogP contribution in [0.4, 0.5) is 5.69 Å². The molecule has 3 aromatic rings. The molecule has 0 aliphatic heterocycles. The monoisotopic (exact) mass is 605 g/mol. The van der Waals surface area contributed by atoms with E-state index >= 15 is 0 Å². The summed E-state index contributed by atoms with van der Waals surface area (Å²) in [5.74, 6) is -0.380. The Hall–Kier alpha value is -3.27. The summed E-state index contributed by atoms with van der Waals surface area (Å²) in [7, 11) is -4.18. The molecule has 3 aromatic carbocycles. The minimum absolute atomic E-state index is 0.00401. The number of halogens is 2. The minimum atomic E-state index is -4.18. The summed E-state index contributed by atoms with van der Waals surface area (Å²) in [4.78, 5) is 28.4. The standard InChI is InChI=1S/C29H33Cl2N3O5S/c1-4-27(29(36)32-5-2)33(19-21-12-13-22(30)18-26(21)31)28(35)20-34(23-10-8-7-9-11-23)40(37,38)25-16-14-24(15-17-25)39-6-3/h7-18,27H,4-6,19-20H2,1-3H3,(H,32,36). The summed E-state index contributed by atoms with van der Waals surface area (Å²) in [5, 5.41) is 3.53. The molecule has 214 valence electrons. The van der Waals surface area contributed by atoms with Crippen LogP contribution in [0.5, 0.6) is 5.75 Å². The zero-order valence-electron chi connectivity index (χ0n) is 22.6. The number of likely N-dealkylation sites (N-methyl/N-ethyl adjacent to an activating group) is 1. The number of rotatable bonds is 13. The van der Waals surface area contributed by atoms with Crippen molar-refractivity contribution in [2.24, 2.45) is 0 Å². The highest BCUT2D eigenvalue weighted by molar-refractivity contribution is 7.92. The van der Waals surface area contributed by atoms with Crippen LogP contribution < -0.4 is 14.4 Å². The van der Waals surface area contributed by atoms with Gasteiger partial charge in [-0.25, -0.2) is 8.42 Å². The Bertz CT molecular complexity index is 1400. The van der Waals surface area contributed by atoms with Gasteiger partial charge in [0.15, 0.2) is 0 Å². The molecule has 11 heteroatoms. The van der Waals surface area contributed by atoms with Gasteiger partial charge in [-0.15, -0.1) is 0 Å². The maximum absolute atomic E-state index is 14.0. The number of carbonyl (C=O) groups excluding carboxylic acids is 2. The lowest BCUT2D eigenvalue weighted by Gasteiger charge is -2.33. The van der Waals surface area contributed by atoms with E-state index in [-0.39, 0.29) is 17.3 Å². The van der Waals surface area contributed by atoms with E-state index in [1.807, 2.05) is 6.92 Å². The Morgan fingerprint density at radius 3 is 2.20 bits per heavy atom. The van der Waals surface area contributed by atoms with Gasteiger partial charge in [-0.2, -0.15) is 0 Å². The number of hydrogen-bond donors (Lipinski definition) is 1. The number of benzene rings is 3. The number of nitrogens with zero attached hydrogens (tertiary/aromatic N) is 2. The van der Waals surface area contributed by atoms with Crippen LogP contribution in [0.2, 0.25) is 10.0 Å². The van der Waals surface area contributed by atoms with Crippen LogP contribution in [0.15, 0.2) is 77.7 Å². The van der Waals surface area contributed by atoms with Crippen LogP contribution in [0.1, 0.15) is 32.8 Å². The largest absolute Gasteiger partial charge is 0.494 e. The lowest BCUT2D eigenvalue weighted by Crippen LogP contribution is -2.52. The highest BCUT2D eigenvalue weighted by Crippen LogP contribution is 2.27. The summed E-state index contributed by atoms with van der Waals surface area (Å²) in [5.41, 5.74) is 0.878. The maximum Gasteiger partial charge on any atom is 0.264 e. The van der Waals surface area contributed by atoms with E-state index in [0.717, 1.165) is 4.31 Å². The lowest BCUT2D eigenvalue weighted by atomic mass is 10.1. The fourth-order valence-electron chi connectivity index (χ4n) is 4.17. The van der Waals surface area contributed by atoms with Crippen LogP contribution in [-0.2, 0) is 26.2 Å². The molecule has 0 aliphatic rings. The summed E-state index contributed by atoms with van der Waals surface area (Å²) >= 11 is 12.5. The predicted molar refractivity (Wildman–Crippen MR) is 158 cm³/mol. The van der Waals surface area contributed by atoms with Crippen LogP contribution >= 0.6 is 23.2 Å². The van der Waals surface area contributed by atoms with Gasteiger partial charge in [-0.05, 0) is 74.4 Å². The van der Waals surface area contributed by atoms with Gasteiger partial charge in [0.05, 0.1) is 17.2 Å². The van der Waals surface area contributed by atoms with E-state index in [4.69, 9.17) is 27.9 Å². The zero-order valence-corrected chi connectivity index (χ0v) is 25.0. The van der Waals surface area contributed by atoms with Gasteiger partial charge in [0.2, 0.25) is 11.8 Å². The van der Waals surface area contributed by atoms with Crippen molar-refractivity contribution in [3.05, 3.63) is 88.4 Å². The van der Waals surface area contributed by atoms with E-state index in [9.17, 15) is 18.0 Å². The number of sulfonamides is 1. The molecule has 40 heavy (non-hydrogen) atoms. The van der Waals surface area contributed by atoms with Gasteiger partial charge in [0.25, 0.3) is 10.0 Å². The fraction of sp³-hybridized carbons (Fsp3) is 0.310. The first-order valence-electron chi connectivity index (χ1n) is 12.9. The Balaban J connectivity index is 2.04. The molecular weight excluding hydrogens is 573 g/mol. The van der Waals surface area contributed by atoms with Gasteiger partial charge < -0.3 is 15.0 Å². The molecule has 1 atom stereocenters. The first-order valence-corrected chi connectivity index (χ1v) is 15.1. The number of hydrogen-bond acceptors (Lipinski definition) is 5. The predicted octanol–water partition coefficient (Wildman–Crippen LogP) is 5.53. The molecule has 2 amide bonds. The Kier molecular flexibility index (Phi) is 11.2. The van der Waals surface area contributed by atoms with Gasteiger partial charge in [0, 0.05) is 23.1 Å². The summed E-state index contributed by atoms with van der Waals surface area (Å²) in [6.45, 7) is 5.66. The summed E-state index contributed by atoms with van der Waals surface area (Å²) in [6.07, 6.45) is 0.305. The molecule has 1 unspecified atom stereocenters. The number of para-hydroxylation sites is 1. The van der Waals surface area contributed by atoms with Gasteiger partial charge in [0.1, 0.15) is 18.3 Å². The second kappa shape index (κ2) is 14.4. The molecule has 0 aromatic heterocycles. The van der Waals surface area contributed by atoms with E-state index in [0.29, 0.717) is 46.6 Å². The minimum Gasteiger partial charge on any atom is -0.494 e. The normalized spacial score (nSPS) is 11.9. The van der Waals surface area contributed by atoms with Crippen LogP contribution in [0.3, 0.4) is 0 Å². The van der Waals surface area contributed by atoms with Crippen molar-refractivity contribution in [1.82, 2.24) is 10.2 Å². The molecule has 0 radical (unpaired) electrons. The smallest absolute Gasteiger partial charge is 0.264 e. The average molecular weight is 607 g/mol. The van der Waals surface area contributed by atoms with Gasteiger partial charge >= 0.3 is 0 Å². The highest BCUT2D eigenvalue weighted by atomic mass is 35.5. The second-order valence-corrected chi connectivity index (χ2v) is 11.5. The van der Waals surface area contributed by atoms with Crippen LogP contribution in [0, 0.1) is 0 Å². The molecule has 0 bridgehead atoms. The van der Waals surface area contributed by atoms with Crippen molar-refractivity contribution in [2.75, 3.05) is 24.0 Å². The van der Waals surface area contributed by atoms with Crippen molar-refractivity contribution in [3.8, 4) is 5.75 Å². The number of ether oxygens (including phenoxy) is 1. The van der Waals surface area contributed by atoms with E-state index in [1.165, 1.54) is 17.0 Å². The van der Waals surface area contributed by atoms with Crippen molar-refractivity contribution in [1.29, 1.82) is 0 Å². The van der Waals surface area contributed by atoms with Crippen molar-refractivity contribution < 1.29 is 22.7 Å². The quantitative estimate of drug-likeness (QED) is 0.276. The van der Waals surface area contributed by atoms with Gasteiger partial charge in [-0.1, -0.05) is 54.4 Å². The summed E-state index contributed by atoms with van der Waals surface area (Å²) in [6, 6.07) is 18.4.